The van der Waals surface area contributed by atoms with Crippen LogP contribution < -0.4 is 11.1 Å². The van der Waals surface area contributed by atoms with Crippen molar-refractivity contribution in [3.05, 3.63) is 0 Å². The highest BCUT2D eigenvalue weighted by Crippen LogP contribution is 2.23. The van der Waals surface area contributed by atoms with Crippen molar-refractivity contribution < 1.29 is 9.90 Å². The van der Waals surface area contributed by atoms with E-state index in [0.29, 0.717) is 12.5 Å². The maximum absolute atomic E-state index is 11.5. The van der Waals surface area contributed by atoms with Crippen LogP contribution in [0.15, 0.2) is 0 Å². The lowest BCUT2D eigenvalue weighted by molar-refractivity contribution is -0.125. The van der Waals surface area contributed by atoms with E-state index in [4.69, 9.17) is 5.73 Å². The lowest BCUT2D eigenvalue weighted by atomic mass is 9.87. The first-order chi connectivity index (χ1) is 6.89. The number of carbonyl (C=O) groups excluding carboxylic acids is 1. The summed E-state index contributed by atoms with van der Waals surface area (Å²) in [6.45, 7) is 4.02. The van der Waals surface area contributed by atoms with Gasteiger partial charge in [-0.05, 0) is 39.0 Å². The van der Waals surface area contributed by atoms with Gasteiger partial charge in [-0.2, -0.15) is 0 Å². The van der Waals surface area contributed by atoms with Crippen molar-refractivity contribution in [1.82, 2.24) is 5.32 Å². The van der Waals surface area contributed by atoms with Crippen LogP contribution in [0, 0.1) is 5.92 Å². The maximum Gasteiger partial charge on any atom is 0.239 e. The predicted octanol–water partition coefficient (Wildman–Crippen LogP) is 0.391. The molecule has 2 unspecified atom stereocenters. The zero-order valence-electron chi connectivity index (χ0n) is 9.62. The molecule has 0 saturated heterocycles. The quantitative estimate of drug-likeness (QED) is 0.636. The number of aliphatic hydroxyl groups is 1. The van der Waals surface area contributed by atoms with Crippen LogP contribution in [0.3, 0.4) is 0 Å². The molecule has 15 heavy (non-hydrogen) atoms. The molecule has 0 radical (unpaired) electrons. The molecule has 0 bridgehead atoms. The topological polar surface area (TPSA) is 75.4 Å². The minimum absolute atomic E-state index is 0.123. The van der Waals surface area contributed by atoms with E-state index in [-0.39, 0.29) is 12.0 Å². The Morgan fingerprint density at radius 3 is 2.73 bits per heavy atom. The van der Waals surface area contributed by atoms with Crippen molar-refractivity contribution in [2.75, 3.05) is 6.54 Å². The molecule has 4 nitrogen and oxygen atoms in total. The molecular formula is C11H22N2O2. The third-order valence-electron chi connectivity index (χ3n) is 2.89. The van der Waals surface area contributed by atoms with Gasteiger partial charge in [0.05, 0.1) is 11.6 Å². The maximum atomic E-state index is 11.5. The Balaban J connectivity index is 2.28. The molecule has 0 aromatic rings. The summed E-state index contributed by atoms with van der Waals surface area (Å²) >= 11 is 0. The second-order valence-electron chi connectivity index (χ2n) is 5.12. The normalized spacial score (nSPS) is 27.5. The van der Waals surface area contributed by atoms with Gasteiger partial charge in [0.1, 0.15) is 0 Å². The highest BCUT2D eigenvalue weighted by molar-refractivity contribution is 5.84. The molecule has 4 N–H and O–H groups in total. The van der Waals surface area contributed by atoms with Gasteiger partial charge in [-0.15, -0.1) is 0 Å². The predicted molar refractivity (Wildman–Crippen MR) is 59.2 cm³/mol. The fourth-order valence-corrected chi connectivity index (χ4v) is 1.91. The van der Waals surface area contributed by atoms with Gasteiger partial charge in [0.2, 0.25) is 5.91 Å². The fraction of sp³-hybridized carbons (Fsp3) is 0.909. The Bertz CT molecular complexity index is 223. The number of nitrogens with one attached hydrogen (secondary N) is 1. The van der Waals surface area contributed by atoms with Gasteiger partial charge < -0.3 is 16.2 Å². The summed E-state index contributed by atoms with van der Waals surface area (Å²) in [6, 6.07) is 0. The first kappa shape index (κ1) is 12.5. The molecule has 4 heteroatoms. The van der Waals surface area contributed by atoms with Crippen molar-refractivity contribution >= 4 is 5.91 Å². The minimum Gasteiger partial charge on any atom is -0.393 e. The van der Waals surface area contributed by atoms with Crippen LogP contribution in [0.2, 0.25) is 0 Å². The summed E-state index contributed by atoms with van der Waals surface area (Å²) in [6.07, 6.45) is 3.64. The Labute approximate surface area is 91.2 Å². The largest absolute Gasteiger partial charge is 0.393 e. The molecule has 0 aliphatic heterocycles. The number of amides is 1. The summed E-state index contributed by atoms with van der Waals surface area (Å²) < 4.78 is 0. The van der Waals surface area contributed by atoms with Gasteiger partial charge in [-0.25, -0.2) is 0 Å². The van der Waals surface area contributed by atoms with Crippen LogP contribution in [0.25, 0.3) is 0 Å². The van der Waals surface area contributed by atoms with Crippen molar-refractivity contribution in [2.45, 2.75) is 51.2 Å². The Kier molecular flexibility index (Phi) is 4.11. The monoisotopic (exact) mass is 214 g/mol. The zero-order valence-corrected chi connectivity index (χ0v) is 9.62. The SMILES string of the molecule is CC(C)(N)C(=O)NCC1CCCC(O)C1. The number of carbonyl (C=O) groups is 1. The van der Waals surface area contributed by atoms with E-state index in [1.807, 2.05) is 0 Å². The third kappa shape index (κ3) is 4.18. The van der Waals surface area contributed by atoms with Gasteiger partial charge in [0, 0.05) is 6.54 Å². The zero-order chi connectivity index (χ0) is 11.5. The van der Waals surface area contributed by atoms with Crippen LogP contribution in [-0.2, 0) is 4.79 Å². The number of hydrogen-bond acceptors (Lipinski definition) is 3. The Hall–Kier alpha value is -0.610. The lowest BCUT2D eigenvalue weighted by Gasteiger charge is -2.27. The van der Waals surface area contributed by atoms with Gasteiger partial charge in [0.25, 0.3) is 0 Å². The van der Waals surface area contributed by atoms with Crippen molar-refractivity contribution in [3.63, 3.8) is 0 Å². The van der Waals surface area contributed by atoms with E-state index in [1.54, 1.807) is 13.8 Å². The second-order valence-corrected chi connectivity index (χ2v) is 5.12. The molecule has 2 atom stereocenters. The molecule has 0 aromatic heterocycles. The summed E-state index contributed by atoms with van der Waals surface area (Å²) in [5, 5.41) is 12.3. The van der Waals surface area contributed by atoms with Crippen molar-refractivity contribution in [2.24, 2.45) is 11.7 Å². The molecular weight excluding hydrogens is 192 g/mol. The molecule has 1 aliphatic rings. The molecule has 1 aliphatic carbocycles. The average Bonchev–Trinajstić information content (AvgIpc) is 2.12. The minimum atomic E-state index is -0.812. The number of rotatable bonds is 3. The first-order valence-corrected chi connectivity index (χ1v) is 5.65. The molecule has 0 spiro atoms. The van der Waals surface area contributed by atoms with Crippen LogP contribution in [0.1, 0.15) is 39.5 Å². The average molecular weight is 214 g/mol. The highest BCUT2D eigenvalue weighted by Gasteiger charge is 2.24. The number of nitrogens with two attached hydrogens (primary N) is 1. The standard InChI is InChI=1S/C11H22N2O2/c1-11(2,12)10(15)13-7-8-4-3-5-9(14)6-8/h8-9,14H,3-7,12H2,1-2H3,(H,13,15). The lowest BCUT2D eigenvalue weighted by Crippen LogP contribution is -2.50. The number of aliphatic hydroxyl groups excluding tert-OH is 1. The molecule has 0 heterocycles. The molecule has 1 fully saturated rings. The van der Waals surface area contributed by atoms with E-state index in [9.17, 15) is 9.90 Å². The van der Waals surface area contributed by atoms with Crippen molar-refractivity contribution in [3.8, 4) is 0 Å². The van der Waals surface area contributed by atoms with E-state index < -0.39 is 5.54 Å². The second kappa shape index (κ2) is 4.94. The van der Waals surface area contributed by atoms with Gasteiger partial charge >= 0.3 is 0 Å². The molecule has 0 aromatic carbocycles. The van der Waals surface area contributed by atoms with Gasteiger partial charge in [0.15, 0.2) is 0 Å². The number of hydrogen-bond donors (Lipinski definition) is 3. The summed E-state index contributed by atoms with van der Waals surface area (Å²) in [5.41, 5.74) is 4.85. The van der Waals surface area contributed by atoms with Crippen LogP contribution >= 0.6 is 0 Å². The van der Waals surface area contributed by atoms with Crippen LogP contribution in [0.5, 0.6) is 0 Å². The Morgan fingerprint density at radius 1 is 1.53 bits per heavy atom. The fourth-order valence-electron chi connectivity index (χ4n) is 1.91. The summed E-state index contributed by atoms with van der Waals surface area (Å²) in [5.74, 6) is 0.280. The van der Waals surface area contributed by atoms with Crippen molar-refractivity contribution in [1.29, 1.82) is 0 Å². The summed E-state index contributed by atoms with van der Waals surface area (Å²) in [4.78, 5) is 11.5. The van der Waals surface area contributed by atoms with E-state index in [2.05, 4.69) is 5.32 Å². The molecule has 88 valence electrons. The smallest absolute Gasteiger partial charge is 0.239 e. The highest BCUT2D eigenvalue weighted by atomic mass is 16.3. The molecule has 1 rings (SSSR count). The van der Waals surface area contributed by atoms with Gasteiger partial charge in [-0.1, -0.05) is 6.42 Å². The van der Waals surface area contributed by atoms with Crippen LogP contribution in [-0.4, -0.2) is 29.2 Å². The molecule has 1 amide bonds. The van der Waals surface area contributed by atoms with Crippen LogP contribution in [0.4, 0.5) is 0 Å². The van der Waals surface area contributed by atoms with Gasteiger partial charge in [-0.3, -0.25) is 4.79 Å². The first-order valence-electron chi connectivity index (χ1n) is 5.65. The molecule has 1 saturated carbocycles. The Morgan fingerprint density at radius 2 is 2.20 bits per heavy atom. The van der Waals surface area contributed by atoms with E-state index in [1.165, 1.54) is 0 Å². The third-order valence-corrected chi connectivity index (χ3v) is 2.89. The summed E-state index contributed by atoms with van der Waals surface area (Å²) in [7, 11) is 0. The van der Waals surface area contributed by atoms with E-state index in [0.717, 1.165) is 25.7 Å². The van der Waals surface area contributed by atoms with E-state index >= 15 is 0 Å².